The van der Waals surface area contributed by atoms with Crippen LogP contribution >= 0.6 is 11.6 Å². The minimum atomic E-state index is -3.76. The van der Waals surface area contributed by atoms with Gasteiger partial charge >= 0.3 is 6.03 Å². The van der Waals surface area contributed by atoms with Gasteiger partial charge in [0, 0.05) is 6.54 Å². The van der Waals surface area contributed by atoms with Gasteiger partial charge < -0.3 is 15.0 Å². The second-order valence-electron chi connectivity index (χ2n) is 7.74. The van der Waals surface area contributed by atoms with Gasteiger partial charge in [-0.3, -0.25) is 0 Å². The number of fused-ring (bicyclic) bond motifs is 5. The van der Waals surface area contributed by atoms with Crippen molar-refractivity contribution in [2.45, 2.75) is 38.1 Å². The van der Waals surface area contributed by atoms with Gasteiger partial charge in [-0.25, -0.2) is 26.7 Å². The van der Waals surface area contributed by atoms with E-state index in [2.05, 4.69) is 10.0 Å². The summed E-state index contributed by atoms with van der Waals surface area (Å²) in [5.74, 6) is -0.782. The lowest BCUT2D eigenvalue weighted by atomic mass is 9.99. The molecule has 32 heavy (non-hydrogen) atoms. The van der Waals surface area contributed by atoms with Crippen LogP contribution in [-0.2, 0) is 23.0 Å². The Morgan fingerprint density at radius 3 is 2.81 bits per heavy atom. The summed E-state index contributed by atoms with van der Waals surface area (Å²) in [6.45, 7) is 1.20. The van der Waals surface area contributed by atoms with Gasteiger partial charge in [-0.05, 0) is 42.7 Å². The van der Waals surface area contributed by atoms with Gasteiger partial charge in [0.1, 0.15) is 11.9 Å². The molecule has 7 nitrogen and oxygen atoms in total. The van der Waals surface area contributed by atoms with Crippen molar-refractivity contribution in [1.82, 2.24) is 14.9 Å². The van der Waals surface area contributed by atoms with E-state index in [1.807, 2.05) is 0 Å². The number of hydrogen-bond acceptors (Lipinski definition) is 4. The number of hydrogen-bond donors (Lipinski definition) is 2. The van der Waals surface area contributed by atoms with Crippen LogP contribution in [0.25, 0.3) is 0 Å². The van der Waals surface area contributed by atoms with Crippen LogP contribution in [0.3, 0.4) is 0 Å². The first-order valence-electron chi connectivity index (χ1n) is 10.1. The molecule has 2 aliphatic heterocycles. The molecule has 0 radical (unpaired) electrons. The zero-order valence-electron chi connectivity index (χ0n) is 17.1. The predicted molar refractivity (Wildman–Crippen MR) is 116 cm³/mol. The SMILES string of the molecule is CCS(=O)(=O)N[C@H]1[C@@H](F)CN2C(=O)NCc3ccc(Cl)c(c3)Oc3cccc(c3F)C[C@@H]12. The predicted octanol–water partition coefficient (Wildman–Crippen LogP) is 3.37. The van der Waals surface area contributed by atoms with Crippen LogP contribution in [0, 0.1) is 5.82 Å². The first-order chi connectivity index (χ1) is 15.2. The fraction of sp³-hybridized carbons (Fsp3) is 0.381. The minimum Gasteiger partial charge on any atom is -0.453 e. The highest BCUT2D eigenvalue weighted by atomic mass is 35.5. The highest BCUT2D eigenvalue weighted by Gasteiger charge is 2.46. The summed E-state index contributed by atoms with van der Waals surface area (Å²) < 4.78 is 62.6. The smallest absolute Gasteiger partial charge is 0.318 e. The average molecular weight is 486 g/mol. The second kappa shape index (κ2) is 8.84. The number of nitrogens with one attached hydrogen (secondary N) is 2. The molecule has 2 aliphatic rings. The molecule has 0 spiro atoms. The summed E-state index contributed by atoms with van der Waals surface area (Å²) in [6, 6.07) is 6.61. The Kier molecular flexibility index (Phi) is 6.28. The van der Waals surface area contributed by atoms with Crippen molar-refractivity contribution < 1.29 is 26.7 Å². The molecule has 2 amide bonds. The number of alkyl halides is 1. The van der Waals surface area contributed by atoms with Crippen molar-refractivity contribution in [2.75, 3.05) is 12.3 Å². The number of urea groups is 1. The molecule has 11 heteroatoms. The molecule has 0 unspecified atom stereocenters. The third-order valence-corrected chi connectivity index (χ3v) is 7.37. The third-order valence-electron chi connectivity index (χ3n) is 5.66. The van der Waals surface area contributed by atoms with Gasteiger partial charge in [0.25, 0.3) is 0 Å². The van der Waals surface area contributed by atoms with Crippen molar-refractivity contribution in [3.8, 4) is 11.5 Å². The molecule has 2 aromatic rings. The number of sulfonamides is 1. The van der Waals surface area contributed by atoms with Crippen molar-refractivity contribution >= 4 is 27.7 Å². The molecule has 0 aliphatic carbocycles. The highest BCUT2D eigenvalue weighted by molar-refractivity contribution is 7.89. The molecule has 1 fully saturated rings. The zero-order chi connectivity index (χ0) is 23.0. The van der Waals surface area contributed by atoms with E-state index in [0.29, 0.717) is 5.56 Å². The van der Waals surface area contributed by atoms with E-state index < -0.39 is 40.1 Å². The van der Waals surface area contributed by atoms with E-state index in [9.17, 15) is 17.6 Å². The van der Waals surface area contributed by atoms with Gasteiger partial charge in [-0.1, -0.05) is 29.8 Å². The minimum absolute atomic E-state index is 0.0767. The fourth-order valence-corrected chi connectivity index (χ4v) is 4.98. The van der Waals surface area contributed by atoms with Crippen LogP contribution in [0.1, 0.15) is 18.1 Å². The Labute approximate surface area is 189 Å². The quantitative estimate of drug-likeness (QED) is 0.697. The van der Waals surface area contributed by atoms with E-state index in [1.54, 1.807) is 24.3 Å². The number of carbonyl (C=O) groups is 1. The van der Waals surface area contributed by atoms with Gasteiger partial charge in [0.2, 0.25) is 10.0 Å². The number of rotatable bonds is 3. The van der Waals surface area contributed by atoms with Gasteiger partial charge in [0.15, 0.2) is 11.6 Å². The summed E-state index contributed by atoms with van der Waals surface area (Å²) >= 11 is 6.19. The van der Waals surface area contributed by atoms with Crippen LogP contribution in [0.2, 0.25) is 5.02 Å². The van der Waals surface area contributed by atoms with Gasteiger partial charge in [0.05, 0.1) is 29.4 Å². The lowest BCUT2D eigenvalue weighted by Crippen LogP contribution is -2.51. The Morgan fingerprint density at radius 1 is 1.28 bits per heavy atom. The third kappa shape index (κ3) is 4.53. The van der Waals surface area contributed by atoms with E-state index in [4.69, 9.17) is 16.3 Å². The molecule has 4 rings (SSSR count). The summed E-state index contributed by atoms with van der Waals surface area (Å²) in [7, 11) is -3.76. The molecular weight excluding hydrogens is 464 g/mol. The number of benzene rings is 2. The number of nitrogens with zero attached hydrogens (tertiary/aromatic N) is 1. The second-order valence-corrected chi connectivity index (χ2v) is 10.2. The highest BCUT2D eigenvalue weighted by Crippen LogP contribution is 2.34. The van der Waals surface area contributed by atoms with E-state index in [-0.39, 0.29) is 47.3 Å². The standard InChI is InChI=1S/C21H22ClF2N3O4S/c1-2-32(29,30)26-20-15(23)11-27-16(20)9-13-4-3-5-17(19(13)24)31-18-8-12(6-7-14(18)22)10-25-21(27)28/h3-8,15-16,20,26H,2,9-11H2,1H3,(H,25,28)/t15-,16-,20-/m0/s1. The normalized spacial score (nSPS) is 23.3. The van der Waals surface area contributed by atoms with Gasteiger partial charge in [-0.2, -0.15) is 0 Å². The van der Waals surface area contributed by atoms with E-state index >= 15 is 4.39 Å². The van der Waals surface area contributed by atoms with Crippen LogP contribution in [0.15, 0.2) is 36.4 Å². The Morgan fingerprint density at radius 2 is 2.06 bits per heavy atom. The molecular formula is C21H22ClF2N3O4S. The summed E-state index contributed by atoms with van der Waals surface area (Å²) in [5, 5.41) is 2.98. The maximum absolute atomic E-state index is 15.3. The Hall–Kier alpha value is -2.43. The maximum atomic E-state index is 15.3. The molecule has 0 aromatic heterocycles. The number of amides is 2. The molecule has 2 aromatic carbocycles. The first kappa shape index (κ1) is 22.8. The Bertz CT molecular complexity index is 1150. The van der Waals surface area contributed by atoms with Crippen molar-refractivity contribution in [3.05, 3.63) is 58.4 Å². The van der Waals surface area contributed by atoms with Crippen molar-refractivity contribution in [2.24, 2.45) is 0 Å². The van der Waals surface area contributed by atoms with Crippen molar-refractivity contribution in [1.29, 1.82) is 0 Å². The molecule has 2 N–H and O–H groups in total. The fourth-order valence-electron chi connectivity index (χ4n) is 3.94. The summed E-state index contributed by atoms with van der Waals surface area (Å²) in [4.78, 5) is 14.1. The van der Waals surface area contributed by atoms with Crippen LogP contribution in [0.5, 0.6) is 11.5 Å². The molecule has 0 saturated carbocycles. The number of halogens is 3. The Balaban J connectivity index is 1.78. The lowest BCUT2D eigenvalue weighted by Gasteiger charge is -2.28. The van der Waals surface area contributed by atoms with Crippen LogP contribution in [0.4, 0.5) is 13.6 Å². The topological polar surface area (TPSA) is 87.7 Å². The van der Waals surface area contributed by atoms with Crippen LogP contribution < -0.4 is 14.8 Å². The monoisotopic (exact) mass is 485 g/mol. The van der Waals surface area contributed by atoms with Gasteiger partial charge in [-0.15, -0.1) is 0 Å². The number of ether oxygens (including phenoxy) is 1. The van der Waals surface area contributed by atoms with E-state index in [1.165, 1.54) is 24.0 Å². The van der Waals surface area contributed by atoms with E-state index in [0.717, 1.165) is 0 Å². The first-order valence-corrected chi connectivity index (χ1v) is 12.1. The maximum Gasteiger partial charge on any atom is 0.318 e. The molecule has 1 saturated heterocycles. The summed E-state index contributed by atoms with van der Waals surface area (Å²) in [5.41, 5.74) is 0.802. The average Bonchev–Trinajstić information content (AvgIpc) is 3.05. The molecule has 3 atom stereocenters. The van der Waals surface area contributed by atoms with Crippen LogP contribution in [-0.4, -0.2) is 49.9 Å². The molecule has 172 valence electrons. The number of carbonyl (C=O) groups excluding carboxylic acids is 1. The molecule has 2 heterocycles. The summed E-state index contributed by atoms with van der Waals surface area (Å²) in [6.07, 6.45) is -1.76. The lowest BCUT2D eigenvalue weighted by molar-refractivity contribution is 0.187. The molecule has 4 bridgehead atoms. The largest absolute Gasteiger partial charge is 0.453 e. The van der Waals surface area contributed by atoms with Crippen molar-refractivity contribution in [3.63, 3.8) is 0 Å². The zero-order valence-corrected chi connectivity index (χ0v) is 18.7.